The molecule has 0 fully saturated rings. The SMILES string of the molecule is NCCCCC(NC(=O)C(CCCN=C(N)N)NC(=O)C(N)CS)C(=O)NC(CCCN=C(N)N)C(=O)O. The van der Waals surface area contributed by atoms with E-state index >= 15 is 0 Å². The molecule has 0 aliphatic heterocycles. The van der Waals surface area contributed by atoms with E-state index in [1.165, 1.54) is 0 Å². The maximum atomic E-state index is 13.1. The Balaban J connectivity index is 5.54. The van der Waals surface area contributed by atoms with Crippen LogP contribution < -0.4 is 50.4 Å². The lowest BCUT2D eigenvalue weighted by molar-refractivity contribution is -0.142. The molecule has 0 aromatic heterocycles. The summed E-state index contributed by atoms with van der Waals surface area (Å²) < 4.78 is 0. The van der Waals surface area contributed by atoms with Gasteiger partial charge >= 0.3 is 5.97 Å². The van der Waals surface area contributed by atoms with E-state index in [4.69, 9.17) is 34.4 Å². The summed E-state index contributed by atoms with van der Waals surface area (Å²) in [7, 11) is 0. The van der Waals surface area contributed by atoms with Gasteiger partial charge in [0.1, 0.15) is 18.1 Å². The van der Waals surface area contributed by atoms with E-state index in [0.717, 1.165) is 0 Å². The summed E-state index contributed by atoms with van der Waals surface area (Å²) in [6.45, 7) is 0.769. The van der Waals surface area contributed by atoms with Crippen LogP contribution in [0.3, 0.4) is 0 Å². The molecule has 0 aromatic carbocycles. The van der Waals surface area contributed by atoms with Crippen molar-refractivity contribution in [1.82, 2.24) is 16.0 Å². The Morgan fingerprint density at radius 3 is 1.55 bits per heavy atom. The first-order valence-corrected chi connectivity index (χ1v) is 12.9. The van der Waals surface area contributed by atoms with Gasteiger partial charge in [0, 0.05) is 18.8 Å². The Labute approximate surface area is 227 Å². The van der Waals surface area contributed by atoms with Crippen molar-refractivity contribution in [3.63, 3.8) is 0 Å². The molecular weight excluding hydrogens is 518 g/mol. The number of unbranched alkanes of at least 4 members (excludes halogenated alkanes) is 1. The van der Waals surface area contributed by atoms with Crippen LogP contribution in [0.2, 0.25) is 0 Å². The topological polar surface area (TPSA) is 305 Å². The summed E-state index contributed by atoms with van der Waals surface area (Å²) in [4.78, 5) is 57.8. The number of carboxylic acids is 1. The van der Waals surface area contributed by atoms with E-state index in [0.29, 0.717) is 32.2 Å². The van der Waals surface area contributed by atoms with E-state index in [9.17, 15) is 24.3 Å². The van der Waals surface area contributed by atoms with Crippen molar-refractivity contribution in [2.45, 2.75) is 69.1 Å². The molecule has 0 saturated heterocycles. The Bertz CT molecular complexity index is 819. The molecule has 0 heterocycles. The lowest BCUT2D eigenvalue weighted by atomic mass is 10.0. The third kappa shape index (κ3) is 15.7. The molecule has 3 amide bonds. The highest BCUT2D eigenvalue weighted by Crippen LogP contribution is 2.07. The zero-order chi connectivity index (χ0) is 29.1. The van der Waals surface area contributed by atoms with Gasteiger partial charge in [-0.3, -0.25) is 24.4 Å². The molecule has 4 atom stereocenters. The first kappa shape index (κ1) is 34.7. The van der Waals surface area contributed by atoms with Crippen LogP contribution in [0.15, 0.2) is 9.98 Å². The summed E-state index contributed by atoms with van der Waals surface area (Å²) in [6.07, 6.45) is 2.11. The second kappa shape index (κ2) is 19.8. The van der Waals surface area contributed by atoms with E-state index in [1.807, 2.05) is 0 Å². The Hall–Kier alpha value is -3.31. The van der Waals surface area contributed by atoms with Gasteiger partial charge in [-0.25, -0.2) is 4.79 Å². The number of carbonyl (C=O) groups is 4. The van der Waals surface area contributed by atoms with Crippen LogP contribution in [0.5, 0.6) is 0 Å². The zero-order valence-electron chi connectivity index (χ0n) is 21.5. The van der Waals surface area contributed by atoms with E-state index in [-0.39, 0.29) is 50.0 Å². The summed E-state index contributed by atoms with van der Waals surface area (Å²) in [6, 6.07) is -4.31. The molecule has 0 saturated carbocycles. The minimum atomic E-state index is -1.25. The van der Waals surface area contributed by atoms with Crippen LogP contribution in [0, 0.1) is 0 Å². The van der Waals surface area contributed by atoms with Crippen molar-refractivity contribution < 1.29 is 24.3 Å². The van der Waals surface area contributed by atoms with E-state index in [2.05, 4.69) is 38.6 Å². The number of aliphatic imine (C=N–C) groups is 2. The molecule has 0 bridgehead atoms. The van der Waals surface area contributed by atoms with Gasteiger partial charge in [-0.15, -0.1) is 0 Å². The summed E-state index contributed by atoms with van der Waals surface area (Å²) in [5.74, 6) is -3.38. The normalized spacial score (nSPS) is 13.8. The third-order valence-electron chi connectivity index (χ3n) is 5.25. The summed E-state index contributed by atoms with van der Waals surface area (Å²) in [5.41, 5.74) is 32.4. The van der Waals surface area contributed by atoms with Crippen molar-refractivity contribution in [2.24, 2.45) is 44.4 Å². The van der Waals surface area contributed by atoms with Crippen molar-refractivity contribution in [3.05, 3.63) is 0 Å². The average molecular weight is 562 g/mol. The molecular formula is C21H43N11O5S. The number of nitrogens with one attached hydrogen (secondary N) is 3. The van der Waals surface area contributed by atoms with Gasteiger partial charge in [-0.1, -0.05) is 0 Å². The Kier molecular flexibility index (Phi) is 18.0. The molecule has 16 N–H and O–H groups in total. The fraction of sp³-hybridized carbons (Fsp3) is 0.714. The van der Waals surface area contributed by atoms with E-state index < -0.39 is 47.9 Å². The first-order valence-electron chi connectivity index (χ1n) is 12.2. The second-order valence-electron chi connectivity index (χ2n) is 8.49. The van der Waals surface area contributed by atoms with Gasteiger partial charge in [-0.2, -0.15) is 12.6 Å². The number of hydrogen-bond acceptors (Lipinski definition) is 9. The number of carboxylic acid groups (broad SMARTS) is 1. The number of nitrogens with zero attached hydrogens (tertiary/aromatic N) is 2. The minimum absolute atomic E-state index is 0.0536. The van der Waals surface area contributed by atoms with Crippen molar-refractivity contribution in [1.29, 1.82) is 0 Å². The molecule has 16 nitrogen and oxygen atoms in total. The Morgan fingerprint density at radius 1 is 0.711 bits per heavy atom. The number of amides is 3. The minimum Gasteiger partial charge on any atom is -0.480 e. The number of hydrogen-bond donors (Lipinski definition) is 11. The Morgan fingerprint density at radius 2 is 1.13 bits per heavy atom. The fourth-order valence-electron chi connectivity index (χ4n) is 3.20. The molecule has 0 rings (SSSR count). The predicted molar refractivity (Wildman–Crippen MR) is 148 cm³/mol. The molecule has 0 radical (unpaired) electrons. The average Bonchev–Trinajstić information content (AvgIpc) is 2.85. The maximum absolute atomic E-state index is 13.1. The van der Waals surface area contributed by atoms with Crippen LogP contribution in [0.25, 0.3) is 0 Å². The van der Waals surface area contributed by atoms with Gasteiger partial charge in [0.15, 0.2) is 11.9 Å². The van der Waals surface area contributed by atoms with Crippen molar-refractivity contribution in [2.75, 3.05) is 25.4 Å². The van der Waals surface area contributed by atoms with Crippen molar-refractivity contribution >= 4 is 48.2 Å². The highest BCUT2D eigenvalue weighted by Gasteiger charge is 2.29. The molecule has 0 spiro atoms. The number of thiol groups is 1. The lowest BCUT2D eigenvalue weighted by Gasteiger charge is -2.25. The zero-order valence-corrected chi connectivity index (χ0v) is 22.4. The maximum Gasteiger partial charge on any atom is 0.326 e. The van der Waals surface area contributed by atoms with Crippen LogP contribution in [-0.4, -0.2) is 90.3 Å². The lowest BCUT2D eigenvalue weighted by Crippen LogP contribution is -2.57. The van der Waals surface area contributed by atoms with Crippen LogP contribution >= 0.6 is 12.6 Å². The van der Waals surface area contributed by atoms with Gasteiger partial charge in [0.05, 0.1) is 6.04 Å². The monoisotopic (exact) mass is 561 g/mol. The molecule has 4 unspecified atom stereocenters. The van der Waals surface area contributed by atoms with Gasteiger partial charge in [0.2, 0.25) is 17.7 Å². The van der Waals surface area contributed by atoms with Crippen molar-refractivity contribution in [3.8, 4) is 0 Å². The smallest absolute Gasteiger partial charge is 0.326 e. The number of carbonyl (C=O) groups excluding carboxylic acids is 3. The van der Waals surface area contributed by atoms with Crippen LogP contribution in [0.1, 0.15) is 44.9 Å². The van der Waals surface area contributed by atoms with Gasteiger partial charge in [0.25, 0.3) is 0 Å². The first-order chi connectivity index (χ1) is 17.9. The standard InChI is InChI=1S/C21H43N11O5S/c22-8-2-1-5-13(18(35)32-15(19(36)37)7-4-10-29-21(26)27)31-17(34)14(6-3-9-28-20(24)25)30-16(33)12(23)11-38/h12-15,38H,1-11,22-23H2,(H,30,33)(H,31,34)(H,32,35)(H,36,37)(H4,24,25,28)(H4,26,27,29). The molecule has 0 aliphatic carbocycles. The molecule has 17 heteroatoms. The van der Waals surface area contributed by atoms with E-state index in [1.54, 1.807) is 0 Å². The fourth-order valence-corrected chi connectivity index (χ4v) is 3.37. The molecule has 0 aromatic rings. The van der Waals surface area contributed by atoms with Crippen LogP contribution in [0.4, 0.5) is 0 Å². The summed E-state index contributed by atoms with van der Waals surface area (Å²) in [5, 5.41) is 17.2. The highest BCUT2D eigenvalue weighted by molar-refractivity contribution is 7.80. The molecule has 218 valence electrons. The van der Waals surface area contributed by atoms with Gasteiger partial charge < -0.3 is 55.5 Å². The number of guanidine groups is 2. The highest BCUT2D eigenvalue weighted by atomic mass is 32.1. The van der Waals surface area contributed by atoms with Crippen LogP contribution in [-0.2, 0) is 19.2 Å². The molecule has 38 heavy (non-hydrogen) atoms. The third-order valence-corrected chi connectivity index (χ3v) is 5.64. The predicted octanol–water partition coefficient (Wildman–Crippen LogP) is -3.98. The number of nitrogens with two attached hydrogens (primary N) is 6. The largest absolute Gasteiger partial charge is 0.480 e. The summed E-state index contributed by atoms with van der Waals surface area (Å²) >= 11 is 3.99. The second-order valence-corrected chi connectivity index (χ2v) is 8.86. The number of rotatable bonds is 20. The van der Waals surface area contributed by atoms with Gasteiger partial charge in [-0.05, 0) is 51.5 Å². The number of aliphatic carboxylic acids is 1. The molecule has 0 aliphatic rings. The quantitative estimate of drug-likeness (QED) is 0.0294.